The van der Waals surface area contributed by atoms with Crippen LogP contribution in [0.1, 0.15) is 34.7 Å². The van der Waals surface area contributed by atoms with E-state index in [2.05, 4.69) is 55.8 Å². The number of piperidine rings is 1. The third-order valence-electron chi connectivity index (χ3n) is 5.80. The monoisotopic (exact) mass is 508 g/mol. The van der Waals surface area contributed by atoms with Gasteiger partial charge in [0.15, 0.2) is 0 Å². The normalized spacial score (nSPS) is 14.5. The molecule has 0 spiro atoms. The van der Waals surface area contributed by atoms with E-state index in [0.717, 1.165) is 51.4 Å². The number of thiophene rings is 1. The van der Waals surface area contributed by atoms with Crippen LogP contribution >= 0.6 is 27.3 Å². The summed E-state index contributed by atoms with van der Waals surface area (Å²) in [7, 11) is 0. The highest BCUT2D eigenvalue weighted by Crippen LogP contribution is 2.32. The molecule has 1 aliphatic rings. The minimum Gasteiger partial charge on any atom is -0.478 e. The van der Waals surface area contributed by atoms with E-state index in [1.54, 1.807) is 28.2 Å². The molecule has 0 amide bonds. The van der Waals surface area contributed by atoms with Crippen LogP contribution in [0.15, 0.2) is 64.6 Å². The fourth-order valence-electron chi connectivity index (χ4n) is 4.09. The number of carboxylic acids is 1. The van der Waals surface area contributed by atoms with Crippen molar-refractivity contribution in [2.75, 3.05) is 13.1 Å². The molecule has 2 aromatic carbocycles. The second-order valence-corrected chi connectivity index (χ2v) is 10.3. The molecule has 0 saturated carbocycles. The summed E-state index contributed by atoms with van der Waals surface area (Å²) < 4.78 is 2.65. The number of hydrogen-bond acceptors (Lipinski definition) is 5. The number of carboxylic acid groups (broad SMARTS) is 1. The fourth-order valence-corrected chi connectivity index (χ4v) is 5.43. The summed E-state index contributed by atoms with van der Waals surface area (Å²) in [4.78, 5) is 12.8. The van der Waals surface area contributed by atoms with Crippen LogP contribution in [-0.2, 0) is 0 Å². The van der Waals surface area contributed by atoms with Crippen LogP contribution in [0.2, 0.25) is 0 Å². The number of carbonyl (C=O) groups is 1. The van der Waals surface area contributed by atoms with Crippen LogP contribution in [-0.4, -0.2) is 39.2 Å². The van der Waals surface area contributed by atoms with Crippen molar-refractivity contribution in [2.24, 2.45) is 0 Å². The van der Waals surface area contributed by atoms with Gasteiger partial charge in [-0.3, -0.25) is 0 Å². The zero-order valence-electron chi connectivity index (χ0n) is 17.2. The third kappa shape index (κ3) is 4.39. The first-order valence-corrected chi connectivity index (χ1v) is 12.1. The number of rotatable bonds is 5. The molecule has 1 saturated heterocycles. The molecule has 0 bridgehead atoms. The number of halogens is 1. The van der Waals surface area contributed by atoms with Gasteiger partial charge in [-0.1, -0.05) is 29.5 Å². The number of nitrogens with zero attached hydrogens (tertiary/aromatic N) is 3. The first kappa shape index (κ1) is 21.1. The van der Waals surface area contributed by atoms with Crippen molar-refractivity contribution >= 4 is 33.2 Å². The molecule has 8 heteroatoms. The van der Waals surface area contributed by atoms with E-state index in [9.17, 15) is 9.90 Å². The number of benzene rings is 2. The molecule has 0 aliphatic carbocycles. The Labute approximate surface area is 198 Å². The van der Waals surface area contributed by atoms with Gasteiger partial charge in [0.25, 0.3) is 0 Å². The number of hydrogen-bond donors (Lipinski definition) is 2. The van der Waals surface area contributed by atoms with Crippen molar-refractivity contribution in [1.82, 2.24) is 20.3 Å². The van der Waals surface area contributed by atoms with Crippen LogP contribution < -0.4 is 5.32 Å². The molecule has 1 aliphatic heterocycles. The van der Waals surface area contributed by atoms with E-state index >= 15 is 0 Å². The van der Waals surface area contributed by atoms with E-state index in [1.807, 2.05) is 24.4 Å². The predicted octanol–water partition coefficient (Wildman–Crippen LogP) is 5.59. The lowest BCUT2D eigenvalue weighted by Crippen LogP contribution is -2.26. The van der Waals surface area contributed by atoms with Crippen molar-refractivity contribution in [1.29, 1.82) is 0 Å². The first-order chi connectivity index (χ1) is 15.6. The van der Waals surface area contributed by atoms with Crippen LogP contribution in [0.3, 0.4) is 0 Å². The van der Waals surface area contributed by atoms with Gasteiger partial charge in [0.05, 0.1) is 26.1 Å². The maximum absolute atomic E-state index is 11.8. The Hall–Kier alpha value is -2.81. The molecule has 5 rings (SSSR count). The van der Waals surface area contributed by atoms with E-state index in [4.69, 9.17) is 0 Å². The van der Waals surface area contributed by atoms with Gasteiger partial charge in [0.1, 0.15) is 5.69 Å². The van der Waals surface area contributed by atoms with Crippen molar-refractivity contribution in [3.8, 4) is 27.4 Å². The lowest BCUT2D eigenvalue weighted by atomic mass is 9.89. The summed E-state index contributed by atoms with van der Waals surface area (Å²) in [5, 5.41) is 21.6. The number of aromatic nitrogens is 3. The summed E-state index contributed by atoms with van der Waals surface area (Å²) >= 11 is 5.04. The van der Waals surface area contributed by atoms with E-state index in [1.165, 1.54) is 5.56 Å². The summed E-state index contributed by atoms with van der Waals surface area (Å²) in [5.74, 6) is -0.390. The fraction of sp³-hybridized carbons (Fsp3) is 0.208. The van der Waals surface area contributed by atoms with Gasteiger partial charge >= 0.3 is 5.97 Å². The van der Waals surface area contributed by atoms with Gasteiger partial charge < -0.3 is 10.4 Å². The Morgan fingerprint density at radius 2 is 1.84 bits per heavy atom. The zero-order valence-corrected chi connectivity index (χ0v) is 19.6. The van der Waals surface area contributed by atoms with Crippen molar-refractivity contribution in [3.63, 3.8) is 0 Å². The molecule has 4 aromatic rings. The quantitative estimate of drug-likeness (QED) is 0.367. The van der Waals surface area contributed by atoms with Crippen LogP contribution in [0.25, 0.3) is 27.4 Å². The number of nitrogens with one attached hydrogen (secondary N) is 1. The molecule has 0 atom stereocenters. The van der Waals surface area contributed by atoms with Gasteiger partial charge in [-0.2, -0.15) is 0 Å². The van der Waals surface area contributed by atoms with E-state index in [-0.39, 0.29) is 5.56 Å². The molecular formula is C24H21BrN4O2S. The lowest BCUT2D eigenvalue weighted by molar-refractivity contribution is 0.0697. The summed E-state index contributed by atoms with van der Waals surface area (Å²) in [6.45, 7) is 2.11. The van der Waals surface area contributed by atoms with Crippen LogP contribution in [0.4, 0.5) is 0 Å². The van der Waals surface area contributed by atoms with E-state index in [0.29, 0.717) is 11.6 Å². The molecule has 0 unspecified atom stereocenters. The molecule has 1 fully saturated rings. The third-order valence-corrected chi connectivity index (χ3v) is 7.45. The Bertz CT molecular complexity index is 1260. The number of aromatic carboxylic acids is 1. The smallest absolute Gasteiger partial charge is 0.335 e. The van der Waals surface area contributed by atoms with E-state index < -0.39 is 5.97 Å². The minimum absolute atomic E-state index is 0.218. The maximum atomic E-state index is 11.8. The molecule has 6 nitrogen and oxygen atoms in total. The highest BCUT2D eigenvalue weighted by molar-refractivity contribution is 9.11. The predicted molar refractivity (Wildman–Crippen MR) is 130 cm³/mol. The Morgan fingerprint density at radius 3 is 2.53 bits per heavy atom. The van der Waals surface area contributed by atoms with Gasteiger partial charge in [-0.25, -0.2) is 9.48 Å². The largest absolute Gasteiger partial charge is 0.478 e. The van der Waals surface area contributed by atoms with Crippen LogP contribution in [0, 0.1) is 0 Å². The van der Waals surface area contributed by atoms with Crippen molar-refractivity contribution < 1.29 is 9.90 Å². The summed E-state index contributed by atoms with van der Waals surface area (Å²) in [6.07, 6.45) is 4.12. The van der Waals surface area contributed by atoms with Gasteiger partial charge in [0, 0.05) is 0 Å². The van der Waals surface area contributed by atoms with Crippen molar-refractivity contribution in [3.05, 3.63) is 75.7 Å². The molecule has 2 N–H and O–H groups in total. The van der Waals surface area contributed by atoms with Gasteiger partial charge in [0.2, 0.25) is 0 Å². The molecule has 0 radical (unpaired) electrons. The van der Waals surface area contributed by atoms with Crippen molar-refractivity contribution in [2.45, 2.75) is 18.8 Å². The molecule has 32 heavy (non-hydrogen) atoms. The highest BCUT2D eigenvalue weighted by Gasteiger charge is 2.16. The second kappa shape index (κ2) is 8.97. The van der Waals surface area contributed by atoms with Crippen LogP contribution in [0.5, 0.6) is 0 Å². The molecule has 162 valence electrons. The topological polar surface area (TPSA) is 80.0 Å². The molecular weight excluding hydrogens is 488 g/mol. The average Bonchev–Trinajstić information content (AvgIpc) is 3.49. The molecule has 3 heterocycles. The van der Waals surface area contributed by atoms with Gasteiger partial charge in [-0.05, 0) is 94.8 Å². The first-order valence-electron chi connectivity index (χ1n) is 10.4. The SMILES string of the molecule is O=C(O)c1cc(-c2ccc(C3CCNCC3)cc2)cc(-n2cc(-c3ccc(Br)s3)nn2)c1. The summed E-state index contributed by atoms with van der Waals surface area (Å²) in [5.41, 5.74) is 4.79. The standard InChI is InChI=1S/C24H21BrN4O2S/c25-23-6-5-22(32-23)21-14-29(28-27-21)20-12-18(11-19(13-20)24(30)31)16-3-1-15(2-4-16)17-7-9-26-10-8-17/h1-6,11-14,17,26H,7-10H2,(H,30,31). The average molecular weight is 509 g/mol. The summed E-state index contributed by atoms with van der Waals surface area (Å²) in [6, 6.07) is 17.7. The Kier molecular flexibility index (Phi) is 5.91. The second-order valence-electron chi connectivity index (χ2n) is 7.87. The zero-order chi connectivity index (χ0) is 22.1. The lowest BCUT2D eigenvalue weighted by Gasteiger charge is -2.23. The minimum atomic E-state index is -0.970. The molecule has 2 aromatic heterocycles. The van der Waals surface area contributed by atoms with Gasteiger partial charge in [-0.15, -0.1) is 16.4 Å². The highest BCUT2D eigenvalue weighted by atomic mass is 79.9. The maximum Gasteiger partial charge on any atom is 0.335 e. The Morgan fingerprint density at radius 1 is 1.06 bits per heavy atom. The Balaban J connectivity index is 1.48.